The summed E-state index contributed by atoms with van der Waals surface area (Å²) in [6.45, 7) is 1.38. The minimum atomic E-state index is -1.56. The zero-order chi connectivity index (χ0) is 14.7. The first-order valence-corrected chi connectivity index (χ1v) is 8.28. The Bertz CT molecular complexity index is 479. The lowest BCUT2D eigenvalue weighted by atomic mass is 9.65. The van der Waals surface area contributed by atoms with Gasteiger partial charge in [-0.2, -0.15) is 0 Å². The van der Waals surface area contributed by atoms with Crippen molar-refractivity contribution in [2.75, 3.05) is 13.1 Å². The van der Waals surface area contributed by atoms with Crippen LogP contribution in [-0.4, -0.2) is 41.5 Å². The Kier molecular flexibility index (Phi) is 2.86. The number of halogens is 1. The van der Waals surface area contributed by atoms with Crippen molar-refractivity contribution in [3.05, 3.63) is 0 Å². The third-order valence-corrected chi connectivity index (χ3v) is 5.91. The van der Waals surface area contributed by atoms with Crippen LogP contribution < -0.4 is 5.32 Å². The van der Waals surface area contributed by atoms with Crippen LogP contribution in [0.25, 0.3) is 0 Å². The summed E-state index contributed by atoms with van der Waals surface area (Å²) in [5.74, 6) is 0.183. The molecule has 4 rings (SSSR count). The number of hydrogen-bond acceptors (Lipinski definition) is 2. The minimum absolute atomic E-state index is 0.150. The van der Waals surface area contributed by atoms with Gasteiger partial charge in [0.1, 0.15) is 0 Å². The van der Waals surface area contributed by atoms with Gasteiger partial charge in [0.25, 0.3) is 5.91 Å². The summed E-state index contributed by atoms with van der Waals surface area (Å²) < 4.78 is 14.2. The molecule has 4 fully saturated rings. The average Bonchev–Trinajstić information content (AvgIpc) is 3.15. The summed E-state index contributed by atoms with van der Waals surface area (Å²) in [7, 11) is 0. The fourth-order valence-electron chi connectivity index (χ4n) is 4.18. The molecule has 1 N–H and O–H groups in total. The van der Waals surface area contributed by atoms with Gasteiger partial charge in [0.15, 0.2) is 5.67 Å². The monoisotopic (exact) mass is 294 g/mol. The lowest BCUT2D eigenvalue weighted by molar-refractivity contribution is -0.149. The van der Waals surface area contributed by atoms with Gasteiger partial charge in [0.2, 0.25) is 5.91 Å². The Balaban J connectivity index is 1.29. The molecule has 1 saturated heterocycles. The number of nitrogens with zero attached hydrogens (tertiary/aromatic N) is 1. The molecular formula is C16H23FN2O2. The Morgan fingerprint density at radius 2 is 1.86 bits per heavy atom. The van der Waals surface area contributed by atoms with E-state index in [4.69, 9.17) is 0 Å². The molecule has 3 saturated carbocycles. The second-order valence-electron chi connectivity index (χ2n) is 7.68. The Morgan fingerprint density at radius 3 is 2.43 bits per heavy atom. The van der Waals surface area contributed by atoms with Gasteiger partial charge in [0.05, 0.1) is 0 Å². The maximum atomic E-state index is 14.2. The van der Waals surface area contributed by atoms with Gasteiger partial charge >= 0.3 is 0 Å². The van der Waals surface area contributed by atoms with Crippen molar-refractivity contribution in [3.8, 4) is 0 Å². The number of rotatable bonds is 3. The van der Waals surface area contributed by atoms with Crippen LogP contribution in [0.2, 0.25) is 0 Å². The van der Waals surface area contributed by atoms with Gasteiger partial charge in [-0.1, -0.05) is 0 Å². The fraction of sp³-hybridized carbons (Fsp3) is 0.875. The molecule has 0 bridgehead atoms. The van der Waals surface area contributed by atoms with Crippen LogP contribution in [0, 0.1) is 11.3 Å². The molecule has 2 amide bonds. The standard InChI is InChI=1S/C16H23FN2O2/c17-16(4-1-5-16)14(21)19-7-6-15(10-19)8-12(9-15)18-13(20)11-2-3-11/h11-12H,1-10H2,(H,18,20). The molecule has 1 heterocycles. The molecule has 0 aromatic rings. The van der Waals surface area contributed by atoms with Crippen LogP contribution in [0.3, 0.4) is 0 Å². The Labute approximate surface area is 124 Å². The van der Waals surface area contributed by atoms with E-state index in [1.165, 1.54) is 0 Å². The van der Waals surface area contributed by atoms with E-state index in [2.05, 4.69) is 5.32 Å². The first-order chi connectivity index (χ1) is 10.00. The first-order valence-electron chi connectivity index (χ1n) is 8.28. The number of carbonyl (C=O) groups excluding carboxylic acids is 2. The molecule has 0 aromatic carbocycles. The molecule has 1 spiro atoms. The summed E-state index contributed by atoms with van der Waals surface area (Å²) in [6.07, 6.45) is 6.56. The third-order valence-electron chi connectivity index (χ3n) is 5.91. The van der Waals surface area contributed by atoms with Crippen molar-refractivity contribution in [2.24, 2.45) is 11.3 Å². The van der Waals surface area contributed by atoms with Crippen molar-refractivity contribution < 1.29 is 14.0 Å². The van der Waals surface area contributed by atoms with Crippen LogP contribution in [0.4, 0.5) is 4.39 Å². The molecule has 0 aromatic heterocycles. The molecule has 0 unspecified atom stereocenters. The Morgan fingerprint density at radius 1 is 1.14 bits per heavy atom. The maximum absolute atomic E-state index is 14.2. The van der Waals surface area contributed by atoms with Crippen LogP contribution in [0.15, 0.2) is 0 Å². The first kappa shape index (κ1) is 13.5. The predicted octanol–water partition coefficient (Wildman–Crippen LogP) is 1.79. The number of likely N-dealkylation sites (tertiary alicyclic amines) is 1. The van der Waals surface area contributed by atoms with E-state index in [-0.39, 0.29) is 29.2 Å². The number of carbonyl (C=O) groups is 2. The lowest BCUT2D eigenvalue weighted by Crippen LogP contribution is -2.54. The van der Waals surface area contributed by atoms with Crippen LogP contribution in [0.1, 0.15) is 51.4 Å². The topological polar surface area (TPSA) is 49.4 Å². The lowest BCUT2D eigenvalue weighted by Gasteiger charge is -2.46. The summed E-state index contributed by atoms with van der Waals surface area (Å²) in [5, 5.41) is 3.11. The average molecular weight is 294 g/mol. The largest absolute Gasteiger partial charge is 0.353 e. The quantitative estimate of drug-likeness (QED) is 0.862. The van der Waals surface area contributed by atoms with Crippen LogP contribution in [0.5, 0.6) is 0 Å². The van der Waals surface area contributed by atoms with E-state index >= 15 is 0 Å². The zero-order valence-electron chi connectivity index (χ0n) is 12.4. The molecule has 5 heteroatoms. The highest BCUT2D eigenvalue weighted by molar-refractivity contribution is 5.86. The van der Waals surface area contributed by atoms with Crippen LogP contribution >= 0.6 is 0 Å². The third kappa shape index (κ3) is 2.25. The maximum Gasteiger partial charge on any atom is 0.260 e. The summed E-state index contributed by atoms with van der Waals surface area (Å²) >= 11 is 0. The summed E-state index contributed by atoms with van der Waals surface area (Å²) in [4.78, 5) is 25.7. The van der Waals surface area contributed by atoms with Crippen molar-refractivity contribution in [1.29, 1.82) is 0 Å². The number of hydrogen-bond donors (Lipinski definition) is 1. The molecule has 4 nitrogen and oxygen atoms in total. The highest BCUT2D eigenvalue weighted by Gasteiger charge is 2.54. The van der Waals surface area contributed by atoms with Crippen molar-refractivity contribution in [2.45, 2.75) is 63.1 Å². The van der Waals surface area contributed by atoms with Gasteiger partial charge in [-0.3, -0.25) is 9.59 Å². The molecule has 1 aliphatic heterocycles. The zero-order valence-corrected chi connectivity index (χ0v) is 12.4. The normalized spacial score (nSPS) is 37.0. The van der Waals surface area contributed by atoms with E-state index in [1.807, 2.05) is 0 Å². The molecule has 4 aliphatic rings. The van der Waals surface area contributed by atoms with Crippen LogP contribution in [-0.2, 0) is 9.59 Å². The fourth-order valence-corrected chi connectivity index (χ4v) is 4.18. The molecular weight excluding hydrogens is 271 g/mol. The second kappa shape index (κ2) is 4.43. The van der Waals surface area contributed by atoms with Crippen molar-refractivity contribution in [1.82, 2.24) is 10.2 Å². The van der Waals surface area contributed by atoms with E-state index in [0.717, 1.165) is 38.5 Å². The molecule has 3 aliphatic carbocycles. The minimum Gasteiger partial charge on any atom is -0.353 e. The van der Waals surface area contributed by atoms with Gasteiger partial charge in [-0.05, 0) is 56.8 Å². The summed E-state index contributed by atoms with van der Waals surface area (Å²) in [6, 6.07) is 0.274. The highest BCUT2D eigenvalue weighted by atomic mass is 19.1. The number of nitrogens with one attached hydrogen (secondary N) is 1. The molecule has 116 valence electrons. The van der Waals surface area contributed by atoms with Gasteiger partial charge < -0.3 is 10.2 Å². The molecule has 0 atom stereocenters. The van der Waals surface area contributed by atoms with Gasteiger partial charge in [-0.15, -0.1) is 0 Å². The smallest absolute Gasteiger partial charge is 0.260 e. The highest BCUT2D eigenvalue weighted by Crippen LogP contribution is 2.50. The van der Waals surface area contributed by atoms with Crippen molar-refractivity contribution >= 4 is 11.8 Å². The van der Waals surface area contributed by atoms with E-state index in [1.54, 1.807) is 4.90 Å². The van der Waals surface area contributed by atoms with E-state index < -0.39 is 5.67 Å². The Hall–Kier alpha value is -1.13. The predicted molar refractivity (Wildman–Crippen MR) is 75.2 cm³/mol. The number of alkyl halides is 1. The van der Waals surface area contributed by atoms with Crippen molar-refractivity contribution in [3.63, 3.8) is 0 Å². The number of amides is 2. The second-order valence-corrected chi connectivity index (χ2v) is 7.68. The molecule has 21 heavy (non-hydrogen) atoms. The van der Waals surface area contributed by atoms with E-state index in [0.29, 0.717) is 25.9 Å². The summed E-state index contributed by atoms with van der Waals surface area (Å²) in [5.41, 5.74) is -1.41. The van der Waals surface area contributed by atoms with E-state index in [9.17, 15) is 14.0 Å². The van der Waals surface area contributed by atoms with Gasteiger partial charge in [-0.25, -0.2) is 4.39 Å². The SMILES string of the molecule is O=C(NC1CC2(CCN(C(=O)C3(F)CCC3)C2)C1)C1CC1. The molecule has 0 radical (unpaired) electrons. The van der Waals surface area contributed by atoms with Gasteiger partial charge in [0, 0.05) is 25.0 Å².